The van der Waals surface area contributed by atoms with E-state index in [1.165, 1.54) is 30.3 Å². The average Bonchev–Trinajstić information content (AvgIpc) is 2.82. The molecule has 0 aliphatic rings. The fraction of sp³-hybridized carbons (Fsp3) is 0.240. The topological polar surface area (TPSA) is 95.5 Å². The van der Waals surface area contributed by atoms with Gasteiger partial charge in [0.1, 0.15) is 5.82 Å². The summed E-state index contributed by atoms with van der Waals surface area (Å²) >= 11 is 5.78. The number of carboxylic acids is 1. The highest BCUT2D eigenvalue weighted by Crippen LogP contribution is 2.26. The number of hydrogen-bond acceptors (Lipinski definition) is 4. The molecule has 0 amide bonds. The number of benzene rings is 3. The molecule has 3 aromatic carbocycles. The van der Waals surface area contributed by atoms with E-state index in [4.69, 9.17) is 11.6 Å². The highest BCUT2D eigenvalue weighted by molar-refractivity contribution is 7.89. The molecule has 9 heteroatoms. The first-order valence-electron chi connectivity index (χ1n) is 10.8. The van der Waals surface area contributed by atoms with Gasteiger partial charge in [-0.15, -0.1) is 0 Å². The van der Waals surface area contributed by atoms with E-state index in [0.29, 0.717) is 17.8 Å². The molecule has 180 valence electrons. The van der Waals surface area contributed by atoms with Crippen molar-refractivity contribution in [1.82, 2.24) is 4.72 Å². The number of carbonyl (C=O) groups is 1. The van der Waals surface area contributed by atoms with Crippen LogP contribution in [-0.2, 0) is 16.6 Å². The number of para-hydroxylation sites is 1. The highest BCUT2D eigenvalue weighted by atomic mass is 35.5. The zero-order valence-corrected chi connectivity index (χ0v) is 20.2. The van der Waals surface area contributed by atoms with Crippen molar-refractivity contribution in [3.8, 4) is 0 Å². The molecule has 3 aromatic rings. The van der Waals surface area contributed by atoms with Gasteiger partial charge in [0.15, 0.2) is 0 Å². The van der Waals surface area contributed by atoms with Gasteiger partial charge in [0.05, 0.1) is 15.5 Å². The lowest BCUT2D eigenvalue weighted by molar-refractivity contribution is 0.0698. The maximum atomic E-state index is 13.3. The number of sulfonamides is 1. The van der Waals surface area contributed by atoms with E-state index in [1.807, 2.05) is 13.0 Å². The normalized spacial score (nSPS) is 12.3. The smallest absolute Gasteiger partial charge is 0.337 e. The Morgan fingerprint density at radius 2 is 1.85 bits per heavy atom. The Kier molecular flexibility index (Phi) is 8.66. The lowest BCUT2D eigenvalue weighted by atomic mass is 9.94. The minimum absolute atomic E-state index is 0.0293. The fourth-order valence-corrected chi connectivity index (χ4v) is 4.91. The number of aromatic carboxylic acids is 1. The number of anilines is 1. The quantitative estimate of drug-likeness (QED) is 0.313. The zero-order valence-electron chi connectivity index (χ0n) is 18.6. The fourth-order valence-electron chi connectivity index (χ4n) is 3.64. The molecule has 0 aliphatic heterocycles. The van der Waals surface area contributed by atoms with E-state index >= 15 is 0 Å². The SMILES string of the molecule is CCCC(CNc1ccccc1C(=O)O)c1cccc(S(=O)(=O)NCc2ccc(F)c(Cl)c2)c1. The van der Waals surface area contributed by atoms with E-state index in [1.54, 1.807) is 30.3 Å². The second-order valence-corrected chi connectivity index (χ2v) is 10.0. The van der Waals surface area contributed by atoms with Crippen molar-refractivity contribution >= 4 is 33.3 Å². The Labute approximate surface area is 203 Å². The van der Waals surface area contributed by atoms with Gasteiger partial charge < -0.3 is 10.4 Å². The molecule has 0 aromatic heterocycles. The van der Waals surface area contributed by atoms with Crippen LogP contribution in [0.15, 0.2) is 71.6 Å². The van der Waals surface area contributed by atoms with Crippen LogP contribution in [0.4, 0.5) is 10.1 Å². The molecule has 0 heterocycles. The van der Waals surface area contributed by atoms with E-state index < -0.39 is 21.8 Å². The van der Waals surface area contributed by atoms with E-state index in [2.05, 4.69) is 10.0 Å². The van der Waals surface area contributed by atoms with Crippen molar-refractivity contribution in [3.63, 3.8) is 0 Å². The molecule has 3 rings (SSSR count). The lowest BCUT2D eigenvalue weighted by Crippen LogP contribution is -2.23. The van der Waals surface area contributed by atoms with Crippen LogP contribution in [-0.4, -0.2) is 26.0 Å². The molecule has 6 nitrogen and oxygen atoms in total. The first-order valence-corrected chi connectivity index (χ1v) is 12.7. The van der Waals surface area contributed by atoms with Gasteiger partial charge in [-0.3, -0.25) is 0 Å². The number of hydrogen-bond donors (Lipinski definition) is 3. The van der Waals surface area contributed by atoms with Crippen LogP contribution >= 0.6 is 11.6 Å². The van der Waals surface area contributed by atoms with Crippen LogP contribution in [0.2, 0.25) is 5.02 Å². The third kappa shape index (κ3) is 6.56. The second-order valence-electron chi connectivity index (χ2n) is 7.86. The molecule has 0 saturated heterocycles. The van der Waals surface area contributed by atoms with Gasteiger partial charge in [-0.25, -0.2) is 22.3 Å². The summed E-state index contributed by atoms with van der Waals surface area (Å²) in [6.07, 6.45) is 1.65. The Balaban J connectivity index is 1.76. The third-order valence-corrected chi connectivity index (χ3v) is 7.11. The molecule has 0 radical (unpaired) electrons. The summed E-state index contributed by atoms with van der Waals surface area (Å²) in [6, 6.07) is 17.4. The van der Waals surface area contributed by atoms with Crippen molar-refractivity contribution in [2.24, 2.45) is 0 Å². The predicted molar refractivity (Wildman–Crippen MR) is 131 cm³/mol. The van der Waals surface area contributed by atoms with E-state index in [-0.39, 0.29) is 27.9 Å². The van der Waals surface area contributed by atoms with E-state index in [9.17, 15) is 22.7 Å². The van der Waals surface area contributed by atoms with Crippen molar-refractivity contribution in [3.05, 3.63) is 94.3 Å². The number of halogens is 2. The molecule has 1 atom stereocenters. The first-order chi connectivity index (χ1) is 16.2. The summed E-state index contributed by atoms with van der Waals surface area (Å²) in [5, 5.41) is 12.5. The molecular weight excluding hydrogens is 479 g/mol. The number of carboxylic acid groups (broad SMARTS) is 1. The van der Waals surface area contributed by atoms with Gasteiger partial charge in [-0.05, 0) is 53.9 Å². The van der Waals surface area contributed by atoms with Crippen LogP contribution in [0.3, 0.4) is 0 Å². The minimum Gasteiger partial charge on any atom is -0.478 e. The molecular formula is C25H26ClFN2O4S. The predicted octanol–water partition coefficient (Wildman–Crippen LogP) is 5.65. The Bertz CT molecular complexity index is 1270. The summed E-state index contributed by atoms with van der Waals surface area (Å²) in [4.78, 5) is 11.6. The number of nitrogens with one attached hydrogen (secondary N) is 2. The van der Waals surface area contributed by atoms with Crippen LogP contribution in [0.25, 0.3) is 0 Å². The van der Waals surface area contributed by atoms with Crippen LogP contribution < -0.4 is 10.0 Å². The summed E-state index contributed by atoms with van der Waals surface area (Å²) in [7, 11) is -3.82. The largest absolute Gasteiger partial charge is 0.478 e. The van der Waals surface area contributed by atoms with Crippen molar-refractivity contribution in [2.75, 3.05) is 11.9 Å². The van der Waals surface area contributed by atoms with Crippen LogP contribution in [0, 0.1) is 5.82 Å². The Morgan fingerprint density at radius 1 is 1.09 bits per heavy atom. The standard InChI is InChI=1S/C25H26ClFN2O4S/c1-2-6-19(16-28-24-10-4-3-9-21(24)25(30)31)18-7-5-8-20(14-18)34(32,33)29-15-17-11-12-23(27)22(26)13-17/h3-5,7-14,19,28-29H,2,6,15-16H2,1H3,(H,30,31). The highest BCUT2D eigenvalue weighted by Gasteiger charge is 2.18. The van der Waals surface area contributed by atoms with E-state index in [0.717, 1.165) is 18.4 Å². The van der Waals surface area contributed by atoms with Gasteiger partial charge in [0.25, 0.3) is 0 Å². The molecule has 34 heavy (non-hydrogen) atoms. The molecule has 1 unspecified atom stereocenters. The van der Waals surface area contributed by atoms with Crippen molar-refractivity contribution < 1.29 is 22.7 Å². The van der Waals surface area contributed by atoms with Gasteiger partial charge in [-0.2, -0.15) is 0 Å². The van der Waals surface area contributed by atoms with Gasteiger partial charge in [0.2, 0.25) is 10.0 Å². The maximum absolute atomic E-state index is 13.3. The summed E-state index contributed by atoms with van der Waals surface area (Å²) < 4.78 is 41.7. The third-order valence-electron chi connectivity index (χ3n) is 5.42. The van der Waals surface area contributed by atoms with Crippen molar-refractivity contribution in [1.29, 1.82) is 0 Å². The average molecular weight is 505 g/mol. The van der Waals surface area contributed by atoms with Gasteiger partial charge >= 0.3 is 5.97 Å². The second kappa shape index (κ2) is 11.5. The summed E-state index contributed by atoms with van der Waals surface area (Å²) in [6.45, 7) is 2.45. The molecule has 0 spiro atoms. The molecule has 0 aliphatic carbocycles. The minimum atomic E-state index is -3.82. The van der Waals surface area contributed by atoms with Crippen LogP contribution in [0.1, 0.15) is 47.2 Å². The Morgan fingerprint density at radius 3 is 2.56 bits per heavy atom. The zero-order chi connectivity index (χ0) is 24.7. The first kappa shape index (κ1) is 25.7. The lowest BCUT2D eigenvalue weighted by Gasteiger charge is -2.20. The maximum Gasteiger partial charge on any atom is 0.337 e. The van der Waals surface area contributed by atoms with Crippen LogP contribution in [0.5, 0.6) is 0 Å². The monoisotopic (exact) mass is 504 g/mol. The number of rotatable bonds is 11. The van der Waals surface area contributed by atoms with Gasteiger partial charge in [0, 0.05) is 24.7 Å². The Hall–Kier alpha value is -2.94. The molecule has 3 N–H and O–H groups in total. The summed E-state index contributed by atoms with van der Waals surface area (Å²) in [5.41, 5.74) is 2.06. The summed E-state index contributed by atoms with van der Waals surface area (Å²) in [5.74, 6) is -1.61. The van der Waals surface area contributed by atoms with Crippen molar-refractivity contribution in [2.45, 2.75) is 37.1 Å². The molecule has 0 bridgehead atoms. The van der Waals surface area contributed by atoms with Gasteiger partial charge in [-0.1, -0.05) is 55.3 Å². The molecule has 0 fully saturated rings. The molecule has 0 saturated carbocycles.